The second kappa shape index (κ2) is 4.21. The van der Waals surface area contributed by atoms with Gasteiger partial charge in [-0.05, 0) is 33.4 Å². The van der Waals surface area contributed by atoms with E-state index in [4.69, 9.17) is 0 Å². The number of carbonyl (C=O) groups excluding carboxylic acids is 1. The number of halogens is 2. The molecule has 2 aromatic carbocycles. The maximum atomic E-state index is 13.3. The minimum atomic E-state index is -0.574. The van der Waals surface area contributed by atoms with Crippen molar-refractivity contribution in [2.24, 2.45) is 0 Å². The Morgan fingerprint density at radius 2 is 2.06 bits per heavy atom. The summed E-state index contributed by atoms with van der Waals surface area (Å²) in [6.07, 6.45) is 0. The highest BCUT2D eigenvalue weighted by Crippen LogP contribution is 2.45. The third-order valence-corrected chi connectivity index (χ3v) is 3.05. The lowest BCUT2D eigenvalue weighted by molar-refractivity contribution is -0.120. The van der Waals surface area contributed by atoms with Crippen LogP contribution >= 0.6 is 15.9 Å². The van der Waals surface area contributed by atoms with Crippen LogP contribution < -0.4 is 4.74 Å². The number of phenols is 2. The summed E-state index contributed by atoms with van der Waals surface area (Å²) in [5.74, 6) is -1.88. The van der Waals surface area contributed by atoms with Crippen molar-refractivity contribution in [3.8, 4) is 17.2 Å². The average Bonchev–Trinajstić information content (AvgIpc) is 2.29. The van der Waals surface area contributed by atoms with Crippen LogP contribution in [0.1, 0.15) is 0 Å². The van der Waals surface area contributed by atoms with E-state index in [9.17, 15) is 19.4 Å². The standard InChI is InChI=1S/C11H6BrFO4/c12-9-6(13)2-1-5-3-7(15)11(17-4-14)10(16)8(5)9/h1-4,15-16H. The summed E-state index contributed by atoms with van der Waals surface area (Å²) < 4.78 is 17.8. The van der Waals surface area contributed by atoms with E-state index < -0.39 is 23.1 Å². The largest absolute Gasteiger partial charge is 0.504 e. The lowest BCUT2D eigenvalue weighted by Crippen LogP contribution is -1.91. The van der Waals surface area contributed by atoms with Crippen molar-refractivity contribution in [3.05, 3.63) is 28.5 Å². The van der Waals surface area contributed by atoms with Crippen LogP contribution in [-0.2, 0) is 4.79 Å². The molecule has 0 aliphatic carbocycles. The zero-order valence-electron chi connectivity index (χ0n) is 8.28. The topological polar surface area (TPSA) is 66.8 Å². The van der Waals surface area contributed by atoms with Crippen molar-refractivity contribution in [2.75, 3.05) is 0 Å². The Morgan fingerprint density at radius 3 is 2.71 bits per heavy atom. The first kappa shape index (κ1) is 11.7. The summed E-state index contributed by atoms with van der Waals surface area (Å²) in [6, 6.07) is 3.84. The lowest BCUT2D eigenvalue weighted by Gasteiger charge is -2.09. The Hall–Kier alpha value is -1.82. The first-order chi connectivity index (χ1) is 8.06. The molecule has 2 rings (SSSR count). The molecule has 0 unspecified atom stereocenters. The van der Waals surface area contributed by atoms with Gasteiger partial charge in [0.2, 0.25) is 5.75 Å². The first-order valence-electron chi connectivity index (χ1n) is 4.49. The highest BCUT2D eigenvalue weighted by Gasteiger charge is 2.17. The average molecular weight is 301 g/mol. The second-order valence-corrected chi connectivity index (χ2v) is 4.04. The van der Waals surface area contributed by atoms with Crippen molar-refractivity contribution in [1.82, 2.24) is 0 Å². The minimum absolute atomic E-state index is 0.0308. The molecule has 0 spiro atoms. The summed E-state index contributed by atoms with van der Waals surface area (Å²) in [5, 5.41) is 19.9. The molecule has 0 heterocycles. The van der Waals surface area contributed by atoms with Crippen molar-refractivity contribution in [1.29, 1.82) is 0 Å². The number of carbonyl (C=O) groups is 1. The van der Waals surface area contributed by atoms with Crippen LogP contribution in [0.25, 0.3) is 10.8 Å². The fraction of sp³-hybridized carbons (Fsp3) is 0. The second-order valence-electron chi connectivity index (χ2n) is 3.25. The quantitative estimate of drug-likeness (QED) is 0.837. The van der Waals surface area contributed by atoms with Crippen LogP contribution in [0.3, 0.4) is 0 Å². The molecule has 4 nitrogen and oxygen atoms in total. The molecule has 0 aliphatic rings. The molecule has 2 aromatic rings. The summed E-state index contributed by atoms with van der Waals surface area (Å²) in [7, 11) is 0. The summed E-state index contributed by atoms with van der Waals surface area (Å²) in [4.78, 5) is 10.2. The smallest absolute Gasteiger partial charge is 0.298 e. The molecule has 17 heavy (non-hydrogen) atoms. The molecule has 0 aliphatic heterocycles. The molecule has 2 N–H and O–H groups in total. The van der Waals surface area contributed by atoms with Gasteiger partial charge >= 0.3 is 0 Å². The highest BCUT2D eigenvalue weighted by molar-refractivity contribution is 9.10. The number of benzene rings is 2. The monoisotopic (exact) mass is 300 g/mol. The van der Waals surface area contributed by atoms with Crippen LogP contribution in [0, 0.1) is 5.82 Å². The predicted molar refractivity (Wildman–Crippen MR) is 61.6 cm³/mol. The number of fused-ring (bicyclic) bond motifs is 1. The number of phenolic OH excluding ortho intramolecular Hbond substituents is 2. The Morgan fingerprint density at radius 1 is 1.35 bits per heavy atom. The number of rotatable bonds is 2. The van der Waals surface area contributed by atoms with Gasteiger partial charge in [-0.1, -0.05) is 6.07 Å². The number of hydrogen-bond acceptors (Lipinski definition) is 4. The summed E-state index contributed by atoms with van der Waals surface area (Å²) in [6.45, 7) is 0.0633. The normalized spacial score (nSPS) is 10.5. The number of hydrogen-bond donors (Lipinski definition) is 2. The fourth-order valence-electron chi connectivity index (χ4n) is 1.54. The van der Waals surface area contributed by atoms with Gasteiger partial charge in [0, 0.05) is 5.39 Å². The predicted octanol–water partition coefficient (Wildman–Crippen LogP) is 2.69. The van der Waals surface area contributed by atoms with Gasteiger partial charge in [0.05, 0.1) is 4.47 Å². The maximum absolute atomic E-state index is 13.3. The van der Waals surface area contributed by atoms with E-state index >= 15 is 0 Å². The summed E-state index contributed by atoms with van der Waals surface area (Å²) in [5.41, 5.74) is 0. The van der Waals surface area contributed by atoms with Crippen LogP contribution in [0.5, 0.6) is 17.2 Å². The number of aromatic hydroxyl groups is 2. The van der Waals surface area contributed by atoms with E-state index in [1.165, 1.54) is 18.2 Å². The van der Waals surface area contributed by atoms with Gasteiger partial charge in [-0.25, -0.2) is 4.39 Å². The number of ether oxygens (including phenoxy) is 1. The van der Waals surface area contributed by atoms with E-state index in [0.717, 1.165) is 0 Å². The first-order valence-corrected chi connectivity index (χ1v) is 5.28. The molecule has 0 aromatic heterocycles. The third kappa shape index (κ3) is 1.80. The van der Waals surface area contributed by atoms with E-state index in [-0.39, 0.29) is 16.3 Å². The van der Waals surface area contributed by atoms with Crippen LogP contribution in [-0.4, -0.2) is 16.7 Å². The highest BCUT2D eigenvalue weighted by atomic mass is 79.9. The Bertz CT molecular complexity index is 612. The van der Waals surface area contributed by atoms with Crippen molar-refractivity contribution >= 4 is 33.2 Å². The van der Waals surface area contributed by atoms with Gasteiger partial charge in [-0.2, -0.15) is 0 Å². The van der Waals surface area contributed by atoms with Gasteiger partial charge in [0.25, 0.3) is 6.47 Å². The fourth-order valence-corrected chi connectivity index (χ4v) is 2.09. The zero-order chi connectivity index (χ0) is 12.6. The van der Waals surface area contributed by atoms with Gasteiger partial charge in [-0.3, -0.25) is 4.79 Å². The van der Waals surface area contributed by atoms with Crippen LogP contribution in [0.15, 0.2) is 22.7 Å². The maximum Gasteiger partial charge on any atom is 0.298 e. The molecule has 0 bridgehead atoms. The Labute approximate surface area is 103 Å². The van der Waals surface area contributed by atoms with E-state index in [1.54, 1.807) is 0 Å². The van der Waals surface area contributed by atoms with E-state index in [2.05, 4.69) is 20.7 Å². The zero-order valence-corrected chi connectivity index (χ0v) is 9.86. The van der Waals surface area contributed by atoms with Crippen molar-refractivity contribution < 1.29 is 24.1 Å². The van der Waals surface area contributed by atoms with Gasteiger partial charge < -0.3 is 14.9 Å². The molecule has 0 saturated heterocycles. The van der Waals surface area contributed by atoms with Crippen molar-refractivity contribution in [2.45, 2.75) is 0 Å². The van der Waals surface area contributed by atoms with Gasteiger partial charge in [-0.15, -0.1) is 0 Å². The summed E-state index contributed by atoms with van der Waals surface area (Å²) >= 11 is 2.98. The van der Waals surface area contributed by atoms with E-state index in [0.29, 0.717) is 5.39 Å². The molecule has 88 valence electrons. The molecule has 0 fully saturated rings. The third-order valence-electron chi connectivity index (χ3n) is 2.27. The van der Waals surface area contributed by atoms with Gasteiger partial charge in [0.1, 0.15) is 5.82 Å². The van der Waals surface area contributed by atoms with E-state index in [1.807, 2.05) is 0 Å². The lowest BCUT2D eigenvalue weighted by atomic mass is 10.1. The molecule has 0 atom stereocenters. The Balaban J connectivity index is 2.88. The van der Waals surface area contributed by atoms with Crippen molar-refractivity contribution in [3.63, 3.8) is 0 Å². The Kier molecular flexibility index (Phi) is 2.89. The molecular weight excluding hydrogens is 295 g/mol. The van der Waals surface area contributed by atoms with Crippen LogP contribution in [0.4, 0.5) is 4.39 Å². The minimum Gasteiger partial charge on any atom is -0.504 e. The SMILES string of the molecule is O=COc1c(O)cc2ccc(F)c(Br)c2c1O. The molecule has 0 radical (unpaired) electrons. The molecular formula is C11H6BrFO4. The van der Waals surface area contributed by atoms with Gasteiger partial charge in [0.15, 0.2) is 11.5 Å². The molecule has 0 amide bonds. The molecule has 0 saturated carbocycles. The molecule has 6 heteroatoms. The van der Waals surface area contributed by atoms with Crippen LogP contribution in [0.2, 0.25) is 0 Å².